The van der Waals surface area contributed by atoms with Gasteiger partial charge in [-0.15, -0.1) is 0 Å². The summed E-state index contributed by atoms with van der Waals surface area (Å²) < 4.78 is 11.5. The second-order valence-corrected chi connectivity index (χ2v) is 5.05. The van der Waals surface area contributed by atoms with E-state index in [4.69, 9.17) is 15.2 Å². The van der Waals surface area contributed by atoms with Crippen molar-refractivity contribution in [2.75, 3.05) is 39.9 Å². The van der Waals surface area contributed by atoms with E-state index in [1.54, 1.807) is 0 Å². The third-order valence-corrected chi connectivity index (χ3v) is 3.85. The molecule has 0 radical (unpaired) electrons. The van der Waals surface area contributed by atoms with Crippen LogP contribution in [0.2, 0.25) is 0 Å². The molecule has 0 aromatic carbocycles. The van der Waals surface area contributed by atoms with Gasteiger partial charge in [-0.25, -0.2) is 0 Å². The number of ether oxygens (including phenoxy) is 2. The third kappa shape index (κ3) is 2.74. The number of nitrogens with zero attached hydrogens (tertiary/aromatic N) is 1. The van der Waals surface area contributed by atoms with Crippen LogP contribution < -0.4 is 5.73 Å². The van der Waals surface area contributed by atoms with Gasteiger partial charge in [0.05, 0.1) is 11.7 Å². The molecular weight excluding hydrogens is 204 g/mol. The lowest BCUT2D eigenvalue weighted by Gasteiger charge is -2.37. The molecule has 16 heavy (non-hydrogen) atoms. The molecule has 4 nitrogen and oxygen atoms in total. The highest BCUT2D eigenvalue weighted by Gasteiger charge is 2.42. The van der Waals surface area contributed by atoms with Crippen LogP contribution in [0.3, 0.4) is 0 Å². The van der Waals surface area contributed by atoms with E-state index < -0.39 is 0 Å². The third-order valence-electron chi connectivity index (χ3n) is 3.85. The van der Waals surface area contributed by atoms with Crippen molar-refractivity contribution in [3.63, 3.8) is 0 Å². The molecule has 2 heterocycles. The Morgan fingerprint density at radius 1 is 1.56 bits per heavy atom. The van der Waals surface area contributed by atoms with Gasteiger partial charge in [-0.3, -0.25) is 0 Å². The number of hydrogen-bond acceptors (Lipinski definition) is 4. The van der Waals surface area contributed by atoms with Crippen LogP contribution in [0.15, 0.2) is 0 Å². The molecule has 2 fully saturated rings. The summed E-state index contributed by atoms with van der Waals surface area (Å²) in [6.07, 6.45) is 4.73. The van der Waals surface area contributed by atoms with Crippen LogP contribution in [-0.2, 0) is 9.47 Å². The molecular formula is C12H24N2O2. The van der Waals surface area contributed by atoms with E-state index in [9.17, 15) is 0 Å². The van der Waals surface area contributed by atoms with Crippen molar-refractivity contribution in [3.8, 4) is 0 Å². The van der Waals surface area contributed by atoms with Crippen molar-refractivity contribution in [1.82, 2.24) is 4.90 Å². The van der Waals surface area contributed by atoms with Crippen LogP contribution in [0, 0.1) is 0 Å². The lowest BCUT2D eigenvalue weighted by atomic mass is 9.91. The normalized spacial score (nSPS) is 36.0. The first-order valence-electron chi connectivity index (χ1n) is 6.37. The fraction of sp³-hybridized carbons (Fsp3) is 1.00. The monoisotopic (exact) mass is 228 g/mol. The first-order chi connectivity index (χ1) is 7.78. The largest absolute Gasteiger partial charge is 0.381 e. The van der Waals surface area contributed by atoms with Gasteiger partial charge in [0.2, 0.25) is 0 Å². The van der Waals surface area contributed by atoms with Crippen LogP contribution in [0.5, 0.6) is 0 Å². The Labute approximate surface area is 98.1 Å². The van der Waals surface area contributed by atoms with E-state index in [2.05, 4.69) is 4.90 Å². The van der Waals surface area contributed by atoms with Crippen LogP contribution in [0.25, 0.3) is 0 Å². The smallest absolute Gasteiger partial charge is 0.0845 e. The van der Waals surface area contributed by atoms with E-state index in [1.165, 1.54) is 0 Å². The molecule has 1 spiro atoms. The standard InChI is InChI=1S/C12H24N2O2/c1-15-11-3-8-16-12(9-11)4-7-14(10-12)6-2-5-13/h11H,2-10,13H2,1H3/t11-,12-/m0/s1. The molecule has 94 valence electrons. The van der Waals surface area contributed by atoms with Gasteiger partial charge >= 0.3 is 0 Å². The second kappa shape index (κ2) is 5.45. The number of hydrogen-bond donors (Lipinski definition) is 1. The van der Waals surface area contributed by atoms with Crippen molar-refractivity contribution in [2.24, 2.45) is 5.73 Å². The highest BCUT2D eigenvalue weighted by Crippen LogP contribution is 2.34. The molecule has 2 rings (SSSR count). The topological polar surface area (TPSA) is 47.7 Å². The summed E-state index contributed by atoms with van der Waals surface area (Å²) in [6.45, 7) is 4.96. The molecule has 2 aliphatic heterocycles. The van der Waals surface area contributed by atoms with E-state index in [0.29, 0.717) is 6.10 Å². The number of rotatable bonds is 4. The number of methoxy groups -OCH3 is 1. The zero-order valence-electron chi connectivity index (χ0n) is 10.3. The molecule has 0 saturated carbocycles. The molecule has 2 aliphatic rings. The Kier molecular flexibility index (Phi) is 4.19. The minimum atomic E-state index is 0.0769. The fourth-order valence-electron chi connectivity index (χ4n) is 2.90. The Morgan fingerprint density at radius 2 is 2.44 bits per heavy atom. The predicted octanol–water partition coefficient (Wildman–Crippen LogP) is 0.605. The predicted molar refractivity (Wildman–Crippen MR) is 63.4 cm³/mol. The summed E-state index contributed by atoms with van der Waals surface area (Å²) in [5.41, 5.74) is 5.62. The van der Waals surface area contributed by atoms with Gasteiger partial charge in [0.15, 0.2) is 0 Å². The van der Waals surface area contributed by atoms with Crippen molar-refractivity contribution in [2.45, 2.75) is 37.4 Å². The summed E-state index contributed by atoms with van der Waals surface area (Å²) >= 11 is 0. The molecule has 0 aromatic rings. The molecule has 2 N–H and O–H groups in total. The van der Waals surface area contributed by atoms with Gasteiger partial charge in [-0.05, 0) is 32.4 Å². The molecule has 0 aromatic heterocycles. The molecule has 0 unspecified atom stereocenters. The summed E-state index contributed by atoms with van der Waals surface area (Å²) in [5, 5.41) is 0. The van der Waals surface area contributed by atoms with E-state index in [1.807, 2.05) is 7.11 Å². The van der Waals surface area contributed by atoms with E-state index >= 15 is 0 Å². The van der Waals surface area contributed by atoms with E-state index in [0.717, 1.165) is 58.5 Å². The molecule has 2 atom stereocenters. The van der Waals surface area contributed by atoms with Crippen molar-refractivity contribution in [3.05, 3.63) is 0 Å². The highest BCUT2D eigenvalue weighted by atomic mass is 16.5. The van der Waals surface area contributed by atoms with Crippen molar-refractivity contribution >= 4 is 0 Å². The molecule has 0 aliphatic carbocycles. The maximum atomic E-state index is 6.02. The minimum Gasteiger partial charge on any atom is -0.381 e. The van der Waals surface area contributed by atoms with E-state index in [-0.39, 0.29) is 5.60 Å². The Balaban J connectivity index is 1.85. The van der Waals surface area contributed by atoms with Gasteiger partial charge in [0, 0.05) is 33.2 Å². The zero-order valence-corrected chi connectivity index (χ0v) is 10.3. The maximum absolute atomic E-state index is 6.02. The Bertz CT molecular complexity index is 225. The van der Waals surface area contributed by atoms with Crippen molar-refractivity contribution in [1.29, 1.82) is 0 Å². The van der Waals surface area contributed by atoms with Gasteiger partial charge in [0.25, 0.3) is 0 Å². The van der Waals surface area contributed by atoms with Gasteiger partial charge in [0.1, 0.15) is 0 Å². The zero-order chi connectivity index (χ0) is 11.4. The summed E-state index contributed by atoms with van der Waals surface area (Å²) in [6, 6.07) is 0. The highest BCUT2D eigenvalue weighted by molar-refractivity contribution is 4.95. The summed E-state index contributed by atoms with van der Waals surface area (Å²) in [4.78, 5) is 2.48. The first-order valence-corrected chi connectivity index (χ1v) is 6.37. The number of likely N-dealkylation sites (tertiary alicyclic amines) is 1. The van der Waals surface area contributed by atoms with Crippen LogP contribution in [-0.4, -0.2) is 56.5 Å². The second-order valence-electron chi connectivity index (χ2n) is 5.05. The lowest BCUT2D eigenvalue weighted by molar-refractivity contribution is -0.119. The van der Waals surface area contributed by atoms with Crippen LogP contribution in [0.4, 0.5) is 0 Å². The quantitative estimate of drug-likeness (QED) is 0.765. The van der Waals surface area contributed by atoms with Gasteiger partial charge in [-0.1, -0.05) is 0 Å². The first kappa shape index (κ1) is 12.3. The Morgan fingerprint density at radius 3 is 3.19 bits per heavy atom. The molecule has 0 amide bonds. The molecule has 4 heteroatoms. The molecule has 2 saturated heterocycles. The average molecular weight is 228 g/mol. The Hall–Kier alpha value is -0.160. The molecule has 0 bridgehead atoms. The summed E-state index contributed by atoms with van der Waals surface area (Å²) in [5.74, 6) is 0. The summed E-state index contributed by atoms with van der Waals surface area (Å²) in [7, 11) is 1.81. The lowest BCUT2D eigenvalue weighted by Crippen LogP contribution is -2.44. The number of nitrogens with two attached hydrogens (primary N) is 1. The average Bonchev–Trinajstić information content (AvgIpc) is 2.69. The van der Waals surface area contributed by atoms with Crippen LogP contribution >= 0.6 is 0 Å². The maximum Gasteiger partial charge on any atom is 0.0845 e. The SMILES string of the molecule is CO[C@H]1CCO[C@@]2(CCN(CCCN)C2)C1. The fourth-order valence-corrected chi connectivity index (χ4v) is 2.90. The minimum absolute atomic E-state index is 0.0769. The van der Waals surface area contributed by atoms with Crippen LogP contribution in [0.1, 0.15) is 25.7 Å². The van der Waals surface area contributed by atoms with Gasteiger partial charge in [-0.2, -0.15) is 0 Å². The van der Waals surface area contributed by atoms with Crippen molar-refractivity contribution < 1.29 is 9.47 Å². The van der Waals surface area contributed by atoms with Gasteiger partial charge < -0.3 is 20.1 Å².